The van der Waals surface area contributed by atoms with E-state index < -0.39 is 0 Å². The van der Waals surface area contributed by atoms with E-state index in [1.807, 2.05) is 54.6 Å². The second-order valence-corrected chi connectivity index (χ2v) is 4.56. The molecular weight excluding hydrogens is 222 g/mol. The van der Waals surface area contributed by atoms with Gasteiger partial charge in [-0.1, -0.05) is 49.4 Å². The third-order valence-electron chi connectivity index (χ3n) is 3.09. The first-order valence-electron chi connectivity index (χ1n) is 6.10. The minimum Gasteiger partial charge on any atom is -0.399 e. The van der Waals surface area contributed by atoms with Gasteiger partial charge < -0.3 is 5.73 Å². The summed E-state index contributed by atoms with van der Waals surface area (Å²) in [5.41, 5.74) is 8.33. The fourth-order valence-electron chi connectivity index (χ4n) is 1.96. The SMILES string of the molecule is CC(CC(=O)c1ccccc1)c1ccc(N)cc1. The van der Waals surface area contributed by atoms with Crippen molar-refractivity contribution in [2.75, 3.05) is 5.73 Å². The molecule has 0 heterocycles. The molecule has 0 radical (unpaired) electrons. The number of rotatable bonds is 4. The van der Waals surface area contributed by atoms with Crippen molar-refractivity contribution in [3.05, 3.63) is 65.7 Å². The minimum atomic E-state index is 0.180. The van der Waals surface area contributed by atoms with Crippen LogP contribution in [0.1, 0.15) is 35.2 Å². The molecule has 0 aliphatic carbocycles. The van der Waals surface area contributed by atoms with Gasteiger partial charge in [0, 0.05) is 17.7 Å². The summed E-state index contributed by atoms with van der Waals surface area (Å²) in [4.78, 5) is 12.1. The zero-order valence-electron chi connectivity index (χ0n) is 10.5. The molecule has 0 saturated carbocycles. The largest absolute Gasteiger partial charge is 0.399 e. The minimum absolute atomic E-state index is 0.180. The molecule has 1 atom stereocenters. The highest BCUT2D eigenvalue weighted by atomic mass is 16.1. The molecule has 0 aromatic heterocycles. The van der Waals surface area contributed by atoms with E-state index in [2.05, 4.69) is 6.92 Å². The molecule has 0 spiro atoms. The average molecular weight is 239 g/mol. The van der Waals surface area contributed by atoms with E-state index in [4.69, 9.17) is 5.73 Å². The lowest BCUT2D eigenvalue weighted by molar-refractivity contribution is 0.0975. The lowest BCUT2D eigenvalue weighted by Gasteiger charge is -2.11. The van der Waals surface area contributed by atoms with E-state index in [1.54, 1.807) is 0 Å². The monoisotopic (exact) mass is 239 g/mol. The normalized spacial score (nSPS) is 12.1. The van der Waals surface area contributed by atoms with Crippen molar-refractivity contribution in [3.63, 3.8) is 0 Å². The molecule has 18 heavy (non-hydrogen) atoms. The Morgan fingerprint density at radius 3 is 2.28 bits per heavy atom. The number of carbonyl (C=O) groups excluding carboxylic acids is 1. The topological polar surface area (TPSA) is 43.1 Å². The van der Waals surface area contributed by atoms with Gasteiger partial charge in [-0.2, -0.15) is 0 Å². The highest BCUT2D eigenvalue weighted by Gasteiger charge is 2.12. The summed E-state index contributed by atoms with van der Waals surface area (Å²) >= 11 is 0. The van der Waals surface area contributed by atoms with Gasteiger partial charge in [0.15, 0.2) is 5.78 Å². The fraction of sp³-hybridized carbons (Fsp3) is 0.188. The maximum absolute atomic E-state index is 12.1. The zero-order chi connectivity index (χ0) is 13.0. The van der Waals surface area contributed by atoms with E-state index >= 15 is 0 Å². The third-order valence-corrected chi connectivity index (χ3v) is 3.09. The second-order valence-electron chi connectivity index (χ2n) is 4.56. The van der Waals surface area contributed by atoms with Gasteiger partial charge in [0.05, 0.1) is 0 Å². The van der Waals surface area contributed by atoms with Crippen molar-refractivity contribution in [3.8, 4) is 0 Å². The van der Waals surface area contributed by atoms with Gasteiger partial charge in [0.1, 0.15) is 0 Å². The summed E-state index contributed by atoms with van der Waals surface area (Å²) in [5.74, 6) is 0.387. The Morgan fingerprint density at radius 1 is 1.06 bits per heavy atom. The van der Waals surface area contributed by atoms with Crippen molar-refractivity contribution in [1.82, 2.24) is 0 Å². The standard InChI is InChI=1S/C16H17NO/c1-12(13-7-9-15(17)10-8-13)11-16(18)14-5-3-2-4-6-14/h2-10,12H,11,17H2,1H3. The molecule has 2 nitrogen and oxygen atoms in total. The van der Waals surface area contributed by atoms with Gasteiger partial charge >= 0.3 is 0 Å². The number of ketones is 1. The Labute approximate surface area is 107 Å². The average Bonchev–Trinajstić information content (AvgIpc) is 2.40. The maximum Gasteiger partial charge on any atom is 0.163 e. The van der Waals surface area contributed by atoms with Gasteiger partial charge in [-0.05, 0) is 23.6 Å². The fourth-order valence-corrected chi connectivity index (χ4v) is 1.96. The van der Waals surface area contributed by atoms with E-state index in [1.165, 1.54) is 0 Å². The van der Waals surface area contributed by atoms with Crippen LogP contribution in [0.4, 0.5) is 5.69 Å². The van der Waals surface area contributed by atoms with E-state index in [0.29, 0.717) is 6.42 Å². The Kier molecular flexibility index (Phi) is 3.78. The number of Topliss-reactive ketones (excluding diaryl/α,β-unsaturated/α-hetero) is 1. The van der Waals surface area contributed by atoms with Gasteiger partial charge in [0.25, 0.3) is 0 Å². The first-order valence-corrected chi connectivity index (χ1v) is 6.10. The summed E-state index contributed by atoms with van der Waals surface area (Å²) < 4.78 is 0. The highest BCUT2D eigenvalue weighted by molar-refractivity contribution is 5.96. The highest BCUT2D eigenvalue weighted by Crippen LogP contribution is 2.22. The molecule has 0 bridgehead atoms. The summed E-state index contributed by atoms with van der Waals surface area (Å²) in [6, 6.07) is 17.1. The van der Waals surface area contributed by atoms with Crippen LogP contribution in [0.2, 0.25) is 0 Å². The summed E-state index contributed by atoms with van der Waals surface area (Å²) in [7, 11) is 0. The summed E-state index contributed by atoms with van der Waals surface area (Å²) in [5, 5.41) is 0. The van der Waals surface area contributed by atoms with Crippen molar-refractivity contribution >= 4 is 11.5 Å². The first kappa shape index (κ1) is 12.4. The van der Waals surface area contributed by atoms with Crippen LogP contribution >= 0.6 is 0 Å². The lowest BCUT2D eigenvalue weighted by atomic mass is 9.93. The molecule has 0 saturated heterocycles. The quantitative estimate of drug-likeness (QED) is 0.653. The predicted octanol–water partition coefficient (Wildman–Crippen LogP) is 3.65. The molecular formula is C16H17NO. The van der Waals surface area contributed by atoms with E-state index in [0.717, 1.165) is 16.8 Å². The summed E-state index contributed by atoms with van der Waals surface area (Å²) in [6.07, 6.45) is 0.522. The number of carbonyl (C=O) groups is 1. The predicted molar refractivity (Wildman–Crippen MR) is 74.7 cm³/mol. The van der Waals surface area contributed by atoms with Crippen LogP contribution in [0.3, 0.4) is 0 Å². The number of hydrogen-bond acceptors (Lipinski definition) is 2. The van der Waals surface area contributed by atoms with Crippen LogP contribution < -0.4 is 5.73 Å². The number of anilines is 1. The second kappa shape index (κ2) is 5.50. The van der Waals surface area contributed by atoms with Crippen LogP contribution in [0.5, 0.6) is 0 Å². The Morgan fingerprint density at radius 2 is 1.67 bits per heavy atom. The maximum atomic E-state index is 12.1. The van der Waals surface area contributed by atoms with Gasteiger partial charge in [-0.3, -0.25) is 4.79 Å². The molecule has 2 aromatic rings. The third kappa shape index (κ3) is 2.98. The molecule has 2 N–H and O–H groups in total. The van der Waals surface area contributed by atoms with E-state index in [9.17, 15) is 4.79 Å². The first-order chi connectivity index (χ1) is 8.66. The van der Waals surface area contributed by atoms with Crippen molar-refractivity contribution < 1.29 is 4.79 Å². The molecule has 2 heteroatoms. The van der Waals surface area contributed by atoms with Crippen molar-refractivity contribution in [2.24, 2.45) is 0 Å². The Balaban J connectivity index is 2.06. The van der Waals surface area contributed by atoms with Crippen molar-refractivity contribution in [2.45, 2.75) is 19.3 Å². The number of hydrogen-bond donors (Lipinski definition) is 1. The molecule has 2 aromatic carbocycles. The van der Waals surface area contributed by atoms with Gasteiger partial charge in [0.2, 0.25) is 0 Å². The molecule has 92 valence electrons. The smallest absolute Gasteiger partial charge is 0.163 e. The molecule has 0 aliphatic rings. The van der Waals surface area contributed by atoms with Crippen LogP contribution in [-0.4, -0.2) is 5.78 Å². The van der Waals surface area contributed by atoms with Crippen LogP contribution in [0, 0.1) is 0 Å². The molecule has 0 fully saturated rings. The molecule has 0 aliphatic heterocycles. The van der Waals surface area contributed by atoms with Crippen molar-refractivity contribution in [1.29, 1.82) is 0 Å². The van der Waals surface area contributed by atoms with Gasteiger partial charge in [-0.15, -0.1) is 0 Å². The lowest BCUT2D eigenvalue weighted by Crippen LogP contribution is -2.05. The zero-order valence-corrected chi connectivity index (χ0v) is 10.5. The summed E-state index contributed by atoms with van der Waals surface area (Å²) in [6.45, 7) is 2.06. The number of nitrogen functional groups attached to an aromatic ring is 1. The molecule has 0 amide bonds. The molecule has 2 rings (SSSR count). The number of benzene rings is 2. The number of nitrogens with two attached hydrogens (primary N) is 1. The van der Waals surface area contributed by atoms with Crippen LogP contribution in [0.15, 0.2) is 54.6 Å². The van der Waals surface area contributed by atoms with E-state index in [-0.39, 0.29) is 11.7 Å². The van der Waals surface area contributed by atoms with Crippen LogP contribution in [0.25, 0.3) is 0 Å². The van der Waals surface area contributed by atoms with Crippen LogP contribution in [-0.2, 0) is 0 Å². The Bertz CT molecular complexity index is 517. The molecule has 1 unspecified atom stereocenters. The van der Waals surface area contributed by atoms with Gasteiger partial charge in [-0.25, -0.2) is 0 Å². The Hall–Kier alpha value is -2.09.